The van der Waals surface area contributed by atoms with Crippen molar-refractivity contribution >= 4 is 28.2 Å². The summed E-state index contributed by atoms with van der Waals surface area (Å²) in [7, 11) is 0. The number of hydrogen-bond acceptors (Lipinski definition) is 5. The van der Waals surface area contributed by atoms with Crippen molar-refractivity contribution in [1.82, 2.24) is 9.97 Å². The average Bonchev–Trinajstić information content (AvgIpc) is 2.95. The van der Waals surface area contributed by atoms with Gasteiger partial charge in [-0.1, -0.05) is 6.07 Å². The molecule has 0 aliphatic carbocycles. The average molecular weight is 346 g/mol. The van der Waals surface area contributed by atoms with Crippen LogP contribution in [0.2, 0.25) is 0 Å². The van der Waals surface area contributed by atoms with Crippen molar-refractivity contribution in [3.63, 3.8) is 0 Å². The van der Waals surface area contributed by atoms with E-state index in [9.17, 15) is 13.6 Å². The van der Waals surface area contributed by atoms with Crippen LogP contribution in [0.4, 0.5) is 19.7 Å². The Morgan fingerprint density at radius 3 is 2.71 bits per heavy atom. The maximum atomic E-state index is 13.8. The number of nitrogen functional groups attached to an aromatic ring is 1. The Balaban J connectivity index is 1.73. The second-order valence-electron chi connectivity index (χ2n) is 4.95. The Labute approximate surface area is 140 Å². The fourth-order valence-corrected chi connectivity index (χ4v) is 2.86. The number of aromatic nitrogens is 2. The highest BCUT2D eigenvalue weighted by Gasteiger charge is 2.15. The summed E-state index contributed by atoms with van der Waals surface area (Å²) >= 11 is 1.09. The lowest BCUT2D eigenvalue weighted by molar-refractivity contribution is -0.115. The summed E-state index contributed by atoms with van der Waals surface area (Å²) in [6, 6.07) is 6.87. The maximum absolute atomic E-state index is 13.8. The third-order valence-electron chi connectivity index (χ3n) is 3.18. The predicted octanol–water partition coefficient (Wildman–Crippen LogP) is 3.25. The van der Waals surface area contributed by atoms with E-state index >= 15 is 0 Å². The monoisotopic (exact) mass is 346 g/mol. The largest absolute Gasteiger partial charge is 0.384 e. The van der Waals surface area contributed by atoms with Gasteiger partial charge in [-0.2, -0.15) is 0 Å². The lowest BCUT2D eigenvalue weighted by Gasteiger charge is -2.03. The second-order valence-corrected chi connectivity index (χ2v) is 5.81. The Morgan fingerprint density at radius 2 is 2.00 bits per heavy atom. The third kappa shape index (κ3) is 3.54. The summed E-state index contributed by atoms with van der Waals surface area (Å²) in [6.45, 7) is 0. The van der Waals surface area contributed by atoms with Gasteiger partial charge >= 0.3 is 0 Å². The number of anilines is 2. The molecule has 2 aromatic heterocycles. The van der Waals surface area contributed by atoms with Crippen molar-refractivity contribution in [1.29, 1.82) is 0 Å². The van der Waals surface area contributed by atoms with Crippen LogP contribution in [0, 0.1) is 11.6 Å². The molecule has 0 spiro atoms. The zero-order valence-corrected chi connectivity index (χ0v) is 13.1. The van der Waals surface area contributed by atoms with Crippen LogP contribution in [0.15, 0.2) is 41.9 Å². The number of pyridine rings is 1. The molecular formula is C16H12F2N4OS. The Kier molecular flexibility index (Phi) is 4.48. The molecule has 0 bridgehead atoms. The number of thiazole rings is 1. The number of carbonyl (C=O) groups is 1. The molecule has 5 nitrogen and oxygen atoms in total. The zero-order valence-electron chi connectivity index (χ0n) is 12.3. The molecule has 0 saturated carbocycles. The van der Waals surface area contributed by atoms with Gasteiger partial charge in [0.25, 0.3) is 0 Å². The number of nitrogens with zero attached hydrogens (tertiary/aromatic N) is 2. The van der Waals surface area contributed by atoms with Crippen LogP contribution < -0.4 is 11.1 Å². The highest BCUT2D eigenvalue weighted by molar-refractivity contribution is 7.14. The van der Waals surface area contributed by atoms with Crippen molar-refractivity contribution < 1.29 is 13.6 Å². The first-order valence-corrected chi connectivity index (χ1v) is 7.81. The lowest BCUT2D eigenvalue weighted by Crippen LogP contribution is -2.14. The minimum Gasteiger partial charge on any atom is -0.384 e. The minimum atomic E-state index is -0.703. The van der Waals surface area contributed by atoms with Crippen LogP contribution >= 0.6 is 11.3 Å². The molecule has 0 radical (unpaired) electrons. The Morgan fingerprint density at radius 1 is 1.25 bits per heavy atom. The molecule has 0 atom stereocenters. The molecule has 0 fully saturated rings. The SMILES string of the molecule is Nc1cc(CC(=O)Nc2nc(-c3c(F)cccc3F)cs2)ccn1. The molecule has 24 heavy (non-hydrogen) atoms. The normalized spacial score (nSPS) is 10.6. The van der Waals surface area contributed by atoms with Crippen molar-refractivity contribution in [2.24, 2.45) is 0 Å². The number of carbonyl (C=O) groups excluding carboxylic acids is 1. The number of rotatable bonds is 4. The Hall–Kier alpha value is -2.87. The van der Waals surface area contributed by atoms with Crippen molar-refractivity contribution in [2.45, 2.75) is 6.42 Å². The van der Waals surface area contributed by atoms with Gasteiger partial charge in [0.15, 0.2) is 5.13 Å². The number of nitrogens with one attached hydrogen (secondary N) is 1. The number of benzene rings is 1. The molecule has 1 aromatic carbocycles. The summed E-state index contributed by atoms with van der Waals surface area (Å²) in [5, 5.41) is 4.35. The van der Waals surface area contributed by atoms with E-state index in [1.165, 1.54) is 17.6 Å². The van der Waals surface area contributed by atoms with E-state index in [0.29, 0.717) is 11.4 Å². The number of nitrogens with two attached hydrogens (primary N) is 1. The standard InChI is InChI=1S/C16H12F2N4OS/c17-10-2-1-3-11(18)15(10)12-8-24-16(21-12)22-14(23)7-9-4-5-20-13(19)6-9/h1-6,8H,7H2,(H2,19,20)(H,21,22,23). The van der Waals surface area contributed by atoms with Gasteiger partial charge in [0, 0.05) is 11.6 Å². The summed E-state index contributed by atoms with van der Waals surface area (Å²) < 4.78 is 27.5. The summed E-state index contributed by atoms with van der Waals surface area (Å²) in [5.41, 5.74) is 6.19. The second kappa shape index (κ2) is 6.71. The van der Waals surface area contributed by atoms with Crippen LogP contribution in [0.25, 0.3) is 11.3 Å². The zero-order chi connectivity index (χ0) is 17.1. The first-order valence-electron chi connectivity index (χ1n) is 6.93. The molecule has 2 heterocycles. The summed E-state index contributed by atoms with van der Waals surface area (Å²) in [6.07, 6.45) is 1.61. The minimum absolute atomic E-state index is 0.0929. The summed E-state index contributed by atoms with van der Waals surface area (Å²) in [5.74, 6) is -1.39. The molecule has 1 amide bonds. The molecule has 3 rings (SSSR count). The van der Waals surface area contributed by atoms with Gasteiger partial charge in [-0.05, 0) is 29.8 Å². The molecule has 122 valence electrons. The smallest absolute Gasteiger partial charge is 0.230 e. The van der Waals surface area contributed by atoms with Gasteiger partial charge in [-0.25, -0.2) is 18.7 Å². The van der Waals surface area contributed by atoms with Crippen LogP contribution in [-0.2, 0) is 11.2 Å². The first-order chi connectivity index (χ1) is 11.5. The van der Waals surface area contributed by atoms with Crippen LogP contribution in [-0.4, -0.2) is 15.9 Å². The molecule has 0 aliphatic heterocycles. The van der Waals surface area contributed by atoms with E-state index in [0.717, 1.165) is 23.5 Å². The fraction of sp³-hybridized carbons (Fsp3) is 0.0625. The highest BCUT2D eigenvalue weighted by atomic mass is 32.1. The molecule has 0 saturated heterocycles. The maximum Gasteiger partial charge on any atom is 0.230 e. The van der Waals surface area contributed by atoms with Crippen LogP contribution in [0.5, 0.6) is 0 Å². The van der Waals surface area contributed by atoms with Crippen molar-refractivity contribution in [3.05, 3.63) is 59.1 Å². The predicted molar refractivity (Wildman–Crippen MR) is 88.4 cm³/mol. The van der Waals surface area contributed by atoms with Gasteiger partial charge < -0.3 is 11.1 Å². The van der Waals surface area contributed by atoms with Gasteiger partial charge in [0.2, 0.25) is 5.91 Å². The van der Waals surface area contributed by atoms with E-state index in [4.69, 9.17) is 5.73 Å². The number of amides is 1. The van der Waals surface area contributed by atoms with Gasteiger partial charge in [-0.15, -0.1) is 11.3 Å². The third-order valence-corrected chi connectivity index (χ3v) is 3.94. The Bertz CT molecular complexity index is 877. The van der Waals surface area contributed by atoms with E-state index in [1.807, 2.05) is 0 Å². The van der Waals surface area contributed by atoms with E-state index < -0.39 is 11.6 Å². The van der Waals surface area contributed by atoms with Crippen LogP contribution in [0.1, 0.15) is 5.56 Å². The van der Waals surface area contributed by atoms with E-state index in [2.05, 4.69) is 15.3 Å². The van der Waals surface area contributed by atoms with Crippen molar-refractivity contribution in [3.8, 4) is 11.3 Å². The van der Waals surface area contributed by atoms with Gasteiger partial charge in [0.05, 0.1) is 17.7 Å². The molecule has 8 heteroatoms. The first kappa shape index (κ1) is 16.0. The highest BCUT2D eigenvalue weighted by Crippen LogP contribution is 2.29. The van der Waals surface area contributed by atoms with E-state index in [1.54, 1.807) is 12.1 Å². The van der Waals surface area contributed by atoms with Gasteiger partial charge in [0.1, 0.15) is 17.5 Å². The van der Waals surface area contributed by atoms with E-state index in [-0.39, 0.29) is 28.7 Å². The molecule has 3 N–H and O–H groups in total. The molecule has 0 unspecified atom stereocenters. The molecule has 3 aromatic rings. The molecule has 0 aliphatic rings. The fourth-order valence-electron chi connectivity index (χ4n) is 2.14. The lowest BCUT2D eigenvalue weighted by atomic mass is 10.1. The number of hydrogen-bond donors (Lipinski definition) is 2. The van der Waals surface area contributed by atoms with Crippen molar-refractivity contribution in [2.75, 3.05) is 11.1 Å². The van der Waals surface area contributed by atoms with Crippen LogP contribution in [0.3, 0.4) is 0 Å². The van der Waals surface area contributed by atoms with Gasteiger partial charge in [-0.3, -0.25) is 4.79 Å². The molecular weight excluding hydrogens is 334 g/mol. The summed E-state index contributed by atoms with van der Waals surface area (Å²) in [4.78, 5) is 19.9. The number of halogens is 2. The quantitative estimate of drug-likeness (QED) is 0.760. The topological polar surface area (TPSA) is 80.9 Å².